The molecule has 0 aliphatic heterocycles. The summed E-state index contributed by atoms with van der Waals surface area (Å²) in [6.45, 7) is 14.3. The molecule has 2 rings (SSSR count). The molecule has 0 aliphatic rings. The fourth-order valence-electron chi connectivity index (χ4n) is 3.22. The second-order valence-corrected chi connectivity index (χ2v) is 12.4. The van der Waals surface area contributed by atoms with Gasteiger partial charge < -0.3 is 4.98 Å². The molecule has 0 radical (unpaired) electrons. The first kappa shape index (κ1) is 17.4. The van der Waals surface area contributed by atoms with Crippen molar-refractivity contribution in [3.63, 3.8) is 0 Å². The molecule has 0 atom stereocenters. The van der Waals surface area contributed by atoms with Crippen LogP contribution in [0.25, 0.3) is 11.0 Å². The van der Waals surface area contributed by atoms with Crippen LogP contribution in [0.4, 0.5) is 0 Å². The summed E-state index contributed by atoms with van der Waals surface area (Å²) in [6.07, 6.45) is 3.66. The van der Waals surface area contributed by atoms with Gasteiger partial charge in [0.05, 0.1) is 0 Å². The van der Waals surface area contributed by atoms with Crippen molar-refractivity contribution in [1.29, 1.82) is 0 Å². The van der Waals surface area contributed by atoms with Gasteiger partial charge in [0.15, 0.2) is 0 Å². The summed E-state index contributed by atoms with van der Waals surface area (Å²) in [6, 6.07) is 4.02. The van der Waals surface area contributed by atoms with Crippen molar-refractivity contribution >= 4 is 35.8 Å². The van der Waals surface area contributed by atoms with Gasteiger partial charge >= 0.3 is 0 Å². The lowest BCUT2D eigenvalue weighted by molar-refractivity contribution is 0.863. The first-order chi connectivity index (χ1) is 9.32. The highest BCUT2D eigenvalue weighted by atomic mass is 79.9. The second kappa shape index (κ2) is 7.98. The van der Waals surface area contributed by atoms with Gasteiger partial charge in [-0.2, -0.15) is 0 Å². The first-order valence-corrected chi connectivity index (χ1v) is 10.2. The molecule has 2 heterocycles. The first-order valence-electron chi connectivity index (χ1n) is 7.41. The van der Waals surface area contributed by atoms with E-state index in [0.29, 0.717) is 0 Å². The minimum atomic E-state index is -0.454. The summed E-state index contributed by atoms with van der Waals surface area (Å²) < 4.78 is 1.01. The number of pyridine rings is 1. The maximum atomic E-state index is 4.14. The molecule has 0 fully saturated rings. The average molecular weight is 355 g/mol. The van der Waals surface area contributed by atoms with E-state index in [2.05, 4.69) is 67.4 Å². The number of aromatic nitrogens is 2. The predicted octanol–water partition coefficient (Wildman–Crippen LogP) is 5.77. The van der Waals surface area contributed by atoms with Crippen molar-refractivity contribution in [2.75, 3.05) is 0 Å². The largest absolute Gasteiger partial charge is 0.346 e. The Morgan fingerprint density at radius 2 is 1.60 bits per heavy atom. The minimum absolute atomic E-state index is 0.454. The van der Waals surface area contributed by atoms with Gasteiger partial charge in [-0.1, -0.05) is 58.2 Å². The van der Waals surface area contributed by atoms with Crippen LogP contribution in [0, 0.1) is 0 Å². The van der Waals surface area contributed by atoms with Gasteiger partial charge in [-0.15, -0.1) is 0 Å². The van der Waals surface area contributed by atoms with Gasteiger partial charge in [-0.3, -0.25) is 0 Å². The molecule has 20 heavy (non-hydrogen) atoms. The van der Waals surface area contributed by atoms with Crippen LogP contribution in [0.15, 0.2) is 29.0 Å². The van der Waals surface area contributed by atoms with Crippen LogP contribution in [0.1, 0.15) is 41.5 Å². The fourth-order valence-corrected chi connectivity index (χ4v) is 8.19. The Morgan fingerprint density at radius 1 is 1.05 bits per heavy atom. The molecule has 0 aliphatic carbocycles. The van der Waals surface area contributed by atoms with Crippen LogP contribution >= 0.6 is 15.9 Å². The zero-order chi connectivity index (χ0) is 15.3. The predicted molar refractivity (Wildman–Crippen MR) is 96.2 cm³/mol. The number of rotatable bonds is 3. The molecule has 2 nitrogen and oxygen atoms in total. The molecule has 0 bridgehead atoms. The van der Waals surface area contributed by atoms with Crippen molar-refractivity contribution in [2.24, 2.45) is 0 Å². The summed E-state index contributed by atoms with van der Waals surface area (Å²) in [5.41, 5.74) is 3.85. The van der Waals surface area contributed by atoms with E-state index in [0.717, 1.165) is 32.1 Å². The van der Waals surface area contributed by atoms with E-state index in [1.54, 1.807) is 6.20 Å². The summed E-state index contributed by atoms with van der Waals surface area (Å²) in [7, 11) is -0.454. The van der Waals surface area contributed by atoms with E-state index >= 15 is 0 Å². The zero-order valence-electron chi connectivity index (χ0n) is 13.4. The van der Waals surface area contributed by atoms with E-state index in [-0.39, 0.29) is 0 Å². The monoisotopic (exact) mass is 354 g/mol. The molecular weight excluding hydrogens is 328 g/mol. The molecule has 2 aromatic heterocycles. The van der Waals surface area contributed by atoms with Crippen molar-refractivity contribution in [3.05, 3.63) is 29.0 Å². The molecule has 112 valence electrons. The van der Waals surface area contributed by atoms with E-state index in [4.69, 9.17) is 0 Å². The highest BCUT2D eigenvalue weighted by Crippen LogP contribution is 2.29. The Labute approximate surface area is 133 Å². The van der Waals surface area contributed by atoms with Gasteiger partial charge in [0.2, 0.25) is 0 Å². The number of aromatic amines is 1. The van der Waals surface area contributed by atoms with Gasteiger partial charge in [-0.25, -0.2) is 4.98 Å². The van der Waals surface area contributed by atoms with E-state index in [1.807, 2.05) is 18.3 Å². The van der Waals surface area contributed by atoms with Crippen molar-refractivity contribution < 1.29 is 0 Å². The van der Waals surface area contributed by atoms with Gasteiger partial charge in [-0.05, 0) is 28.1 Å². The van der Waals surface area contributed by atoms with Gasteiger partial charge in [0.25, 0.3) is 0 Å². The Morgan fingerprint density at radius 3 is 2.05 bits per heavy atom. The van der Waals surface area contributed by atoms with Crippen LogP contribution < -0.4 is 0 Å². The van der Waals surface area contributed by atoms with Crippen LogP contribution in [-0.4, -0.2) is 18.8 Å². The normalized spacial score (nSPS) is 11.6. The van der Waals surface area contributed by atoms with E-state index in [1.165, 1.54) is 0 Å². The molecule has 0 saturated carbocycles. The number of fused-ring (bicyclic) bond motifs is 1. The number of hydrogen-bond donors (Lipinski definition) is 1. The fraction of sp³-hybridized carbons (Fsp3) is 0.562. The van der Waals surface area contributed by atoms with E-state index < -0.39 is 8.80 Å². The van der Waals surface area contributed by atoms with Crippen molar-refractivity contribution in [3.8, 4) is 0 Å². The molecule has 0 spiro atoms. The third-order valence-corrected chi connectivity index (χ3v) is 8.73. The third kappa shape index (κ3) is 5.06. The van der Waals surface area contributed by atoms with Crippen LogP contribution in [0.2, 0.25) is 16.6 Å². The van der Waals surface area contributed by atoms with Crippen LogP contribution in [0.5, 0.6) is 0 Å². The average Bonchev–Trinajstić information content (AvgIpc) is 2.74. The zero-order valence-corrected chi connectivity index (χ0v) is 16.2. The lowest BCUT2D eigenvalue weighted by Crippen LogP contribution is -2.24. The highest BCUT2D eigenvalue weighted by Gasteiger charge is 2.22. The quantitative estimate of drug-likeness (QED) is 0.696. The Hall–Kier alpha value is -0.613. The molecule has 2 aromatic rings. The molecule has 1 N–H and O–H groups in total. The summed E-state index contributed by atoms with van der Waals surface area (Å²) in [5, 5.41) is 1.13. The maximum absolute atomic E-state index is 4.14. The number of nitrogens with one attached hydrogen (secondary N) is 1. The smallest absolute Gasteiger partial charge is 0.137 e. The Kier molecular flexibility index (Phi) is 6.96. The minimum Gasteiger partial charge on any atom is -0.346 e. The topological polar surface area (TPSA) is 28.7 Å². The highest BCUT2D eigenvalue weighted by molar-refractivity contribution is 9.10. The third-order valence-electron chi connectivity index (χ3n) is 3.68. The molecule has 0 saturated heterocycles. The lowest BCUT2D eigenvalue weighted by Gasteiger charge is -2.26. The second-order valence-electron chi connectivity index (χ2n) is 6.38. The van der Waals surface area contributed by atoms with Crippen molar-refractivity contribution in [1.82, 2.24) is 9.97 Å². The maximum Gasteiger partial charge on any atom is 0.137 e. The standard InChI is InChI=1S/C9H22Si.C7H5BrN2/c1-7(2)10(8(3)4)9(5)6;8-6-3-5-1-2-9-7(5)10-4-6/h7-10H,1-6H3;1-4H,(H,9,10). The van der Waals surface area contributed by atoms with Crippen molar-refractivity contribution in [2.45, 2.75) is 58.2 Å². The van der Waals surface area contributed by atoms with Crippen LogP contribution in [-0.2, 0) is 0 Å². The number of halogens is 1. The number of hydrogen-bond acceptors (Lipinski definition) is 1. The number of nitrogens with zero attached hydrogens (tertiary/aromatic N) is 1. The Balaban J connectivity index is 0.000000200. The Bertz CT molecular complexity index is 501. The summed E-state index contributed by atoms with van der Waals surface area (Å²) in [5.74, 6) is 0. The van der Waals surface area contributed by atoms with Crippen LogP contribution in [0.3, 0.4) is 0 Å². The molecule has 0 aromatic carbocycles. The lowest BCUT2D eigenvalue weighted by atomic mass is 10.3. The van der Waals surface area contributed by atoms with Gasteiger partial charge in [0.1, 0.15) is 5.65 Å². The molecular formula is C16H27BrN2Si. The molecule has 4 heteroatoms. The van der Waals surface area contributed by atoms with Gasteiger partial charge in [0, 0.05) is 31.0 Å². The summed E-state index contributed by atoms with van der Waals surface area (Å²) >= 11 is 3.34. The molecule has 0 unspecified atom stereocenters. The van der Waals surface area contributed by atoms with E-state index in [9.17, 15) is 0 Å². The summed E-state index contributed by atoms with van der Waals surface area (Å²) in [4.78, 5) is 7.15. The molecule has 0 amide bonds. The number of H-pyrrole nitrogens is 1. The SMILES string of the molecule is Brc1cnc2[nH]ccc2c1.CC(C)[SiH](C(C)C)C(C)C.